The first-order chi connectivity index (χ1) is 19.1. The van der Waals surface area contributed by atoms with E-state index in [0.29, 0.717) is 11.5 Å². The van der Waals surface area contributed by atoms with Gasteiger partial charge in [-0.1, -0.05) is 0 Å². The van der Waals surface area contributed by atoms with Crippen LogP contribution in [0.4, 0.5) is 20.5 Å². The Morgan fingerprint density at radius 2 is 1.90 bits per heavy atom. The highest BCUT2D eigenvalue weighted by atomic mass is 19.3. The number of nitrogens with one attached hydrogen (secondary N) is 1. The Morgan fingerprint density at radius 1 is 1.20 bits per heavy atom. The number of aromatic nitrogens is 8. The molecule has 1 saturated heterocycles. The molecule has 2 unspecified atom stereocenters. The monoisotopic (exact) mass is 549 g/mol. The predicted molar refractivity (Wildman–Crippen MR) is 135 cm³/mol. The Kier molecular flexibility index (Phi) is 5.68. The number of carbonyl (C=O) groups excluding carboxylic acids is 1. The number of carbonyl (C=O) groups is 1. The number of fused-ring (bicyclic) bond motifs is 2. The van der Waals surface area contributed by atoms with Crippen molar-refractivity contribution in [3.8, 4) is 17.5 Å². The van der Waals surface area contributed by atoms with E-state index in [1.807, 2.05) is 0 Å². The van der Waals surface area contributed by atoms with Crippen LogP contribution >= 0.6 is 0 Å². The summed E-state index contributed by atoms with van der Waals surface area (Å²) in [6, 6.07) is 2.33. The predicted octanol–water partition coefficient (Wildman–Crippen LogP) is 0.568. The average Bonchev–Trinajstić information content (AvgIpc) is 3.38. The molecule has 1 saturated carbocycles. The molecule has 0 radical (unpaired) electrons. The highest BCUT2D eigenvalue weighted by Gasteiger charge is 2.72. The van der Waals surface area contributed by atoms with Crippen LogP contribution in [0.5, 0.6) is 0 Å². The summed E-state index contributed by atoms with van der Waals surface area (Å²) < 4.78 is 30.2. The first-order valence-electron chi connectivity index (χ1n) is 12.2. The SMILES string of the molecule is C[C@@H](C(=O)Nc1ccnc(-c2cnc(N3CC4C(C3)C4(F)F)nc2)n1)n1cnc2c1c(=O)n(CC#N)c(=O)n2C. The van der Waals surface area contributed by atoms with Crippen molar-refractivity contribution in [2.24, 2.45) is 18.9 Å². The molecule has 1 N–H and O–H groups in total. The smallest absolute Gasteiger partial charge is 0.333 e. The van der Waals surface area contributed by atoms with Crippen LogP contribution in [0.1, 0.15) is 13.0 Å². The number of nitrogens with zero attached hydrogens (tertiary/aromatic N) is 10. The maximum absolute atomic E-state index is 13.5. The zero-order chi connectivity index (χ0) is 28.3. The Labute approximate surface area is 223 Å². The molecule has 0 aromatic carbocycles. The molecule has 2 aliphatic rings. The lowest BCUT2D eigenvalue weighted by Gasteiger charge is -2.19. The maximum Gasteiger partial charge on any atom is 0.333 e. The second-order valence-corrected chi connectivity index (χ2v) is 9.71. The van der Waals surface area contributed by atoms with Gasteiger partial charge in [-0.25, -0.2) is 43.1 Å². The molecule has 5 heterocycles. The van der Waals surface area contributed by atoms with Gasteiger partial charge in [0.15, 0.2) is 17.0 Å². The average molecular weight is 550 g/mol. The van der Waals surface area contributed by atoms with Crippen LogP contribution < -0.4 is 21.5 Å². The number of rotatable bonds is 6. The van der Waals surface area contributed by atoms with Gasteiger partial charge in [0, 0.05) is 38.7 Å². The van der Waals surface area contributed by atoms with Crippen LogP contribution in [0.25, 0.3) is 22.6 Å². The van der Waals surface area contributed by atoms with Crippen LogP contribution in [-0.4, -0.2) is 63.5 Å². The molecular weight excluding hydrogens is 528 g/mol. The molecule has 14 nitrogen and oxygen atoms in total. The van der Waals surface area contributed by atoms with E-state index in [-0.39, 0.29) is 35.9 Å². The normalized spacial score (nSPS) is 19.7. The summed E-state index contributed by atoms with van der Waals surface area (Å²) >= 11 is 0. The molecule has 1 aliphatic heterocycles. The topological polar surface area (TPSA) is 170 Å². The van der Waals surface area contributed by atoms with E-state index < -0.39 is 47.5 Å². The van der Waals surface area contributed by atoms with E-state index >= 15 is 0 Å². The fraction of sp³-hybridized carbons (Fsp3) is 0.375. The number of piperidine rings is 1. The van der Waals surface area contributed by atoms with Gasteiger partial charge in [0.05, 0.1) is 29.8 Å². The minimum absolute atomic E-state index is 0.000334. The van der Waals surface area contributed by atoms with Crippen molar-refractivity contribution in [1.82, 2.24) is 38.6 Å². The number of imidazole rings is 1. The number of amides is 1. The molecule has 204 valence electrons. The second-order valence-electron chi connectivity index (χ2n) is 9.71. The van der Waals surface area contributed by atoms with Crippen molar-refractivity contribution in [3.05, 3.63) is 51.8 Å². The summed E-state index contributed by atoms with van der Waals surface area (Å²) in [5, 5.41) is 11.7. The van der Waals surface area contributed by atoms with Crippen molar-refractivity contribution in [2.75, 3.05) is 23.3 Å². The Morgan fingerprint density at radius 3 is 2.58 bits per heavy atom. The number of nitriles is 1. The number of anilines is 2. The Balaban J connectivity index is 1.20. The lowest BCUT2D eigenvalue weighted by Crippen LogP contribution is -2.40. The summed E-state index contributed by atoms with van der Waals surface area (Å²) in [4.78, 5) is 61.4. The molecule has 40 heavy (non-hydrogen) atoms. The molecule has 4 aromatic rings. The van der Waals surface area contributed by atoms with E-state index in [0.717, 1.165) is 9.13 Å². The summed E-state index contributed by atoms with van der Waals surface area (Å²) in [5.41, 5.74) is -0.882. The quantitative estimate of drug-likeness (QED) is 0.359. The van der Waals surface area contributed by atoms with Crippen molar-refractivity contribution >= 4 is 28.8 Å². The van der Waals surface area contributed by atoms with E-state index in [4.69, 9.17) is 5.26 Å². The van der Waals surface area contributed by atoms with Gasteiger partial charge in [-0.3, -0.25) is 14.2 Å². The van der Waals surface area contributed by atoms with Crippen molar-refractivity contribution in [1.29, 1.82) is 5.26 Å². The van der Waals surface area contributed by atoms with E-state index in [2.05, 4.69) is 30.2 Å². The largest absolute Gasteiger partial charge is 0.340 e. The van der Waals surface area contributed by atoms with E-state index in [1.54, 1.807) is 17.9 Å². The van der Waals surface area contributed by atoms with Gasteiger partial charge in [0.25, 0.3) is 11.5 Å². The molecule has 16 heteroatoms. The first kappa shape index (κ1) is 25.2. The molecule has 4 aromatic heterocycles. The van der Waals surface area contributed by atoms with Crippen LogP contribution in [0, 0.1) is 23.2 Å². The zero-order valence-corrected chi connectivity index (χ0v) is 21.2. The van der Waals surface area contributed by atoms with Crippen molar-refractivity contribution < 1.29 is 13.6 Å². The minimum atomic E-state index is -2.59. The van der Waals surface area contributed by atoms with Crippen molar-refractivity contribution in [3.63, 3.8) is 0 Å². The van der Waals surface area contributed by atoms with Crippen LogP contribution in [0.3, 0.4) is 0 Å². The third-order valence-electron chi connectivity index (χ3n) is 7.37. The molecule has 0 spiro atoms. The van der Waals surface area contributed by atoms with Gasteiger partial charge in [-0.05, 0) is 13.0 Å². The minimum Gasteiger partial charge on any atom is -0.340 e. The molecule has 1 amide bonds. The summed E-state index contributed by atoms with van der Waals surface area (Å²) in [7, 11) is 1.42. The third kappa shape index (κ3) is 3.89. The Hall–Kier alpha value is -5.07. The molecule has 1 aliphatic carbocycles. The highest BCUT2D eigenvalue weighted by Crippen LogP contribution is 2.59. The molecule has 0 bridgehead atoms. The first-order valence-corrected chi connectivity index (χ1v) is 12.2. The summed E-state index contributed by atoms with van der Waals surface area (Å²) in [5.74, 6) is -3.65. The maximum atomic E-state index is 13.5. The van der Waals surface area contributed by atoms with Gasteiger partial charge in [0.2, 0.25) is 11.9 Å². The fourth-order valence-corrected chi connectivity index (χ4v) is 4.99. The molecular formula is C24H21F2N11O3. The highest BCUT2D eigenvalue weighted by molar-refractivity contribution is 5.93. The van der Waals surface area contributed by atoms with Crippen LogP contribution in [0.15, 0.2) is 40.6 Å². The lowest BCUT2D eigenvalue weighted by atomic mass is 10.3. The van der Waals surface area contributed by atoms with Gasteiger partial charge in [-0.2, -0.15) is 5.26 Å². The standard InChI is InChI=1S/C24H21F2N11O3/c1-12(37-11-31-19-17(37)21(39)36(6-4-27)23(40)34(19)2)20(38)33-16-3-5-28-18(32-16)13-7-29-22(30-8-13)35-9-14-15(10-35)24(14,25)26/h3,5,7-8,11-12,14-15H,6,9-10H2,1-2H3,(H,28,32,33,38)/t12-,14?,15?/m0/s1. The molecule has 3 atom stereocenters. The summed E-state index contributed by atoms with van der Waals surface area (Å²) in [6.45, 7) is 1.52. The molecule has 2 fully saturated rings. The van der Waals surface area contributed by atoms with Crippen LogP contribution in [-0.2, 0) is 18.4 Å². The number of hydrogen-bond acceptors (Lipinski definition) is 10. The van der Waals surface area contributed by atoms with Crippen molar-refractivity contribution in [2.45, 2.75) is 25.4 Å². The number of aryl methyl sites for hydroxylation is 1. The molecule has 6 rings (SSSR count). The Bertz CT molecular complexity index is 1810. The number of hydrogen-bond donors (Lipinski definition) is 1. The van der Waals surface area contributed by atoms with Crippen LogP contribution in [0.2, 0.25) is 0 Å². The zero-order valence-electron chi connectivity index (χ0n) is 21.2. The fourth-order valence-electron chi connectivity index (χ4n) is 4.99. The lowest BCUT2D eigenvalue weighted by molar-refractivity contribution is -0.118. The van der Waals surface area contributed by atoms with E-state index in [1.165, 1.54) is 42.6 Å². The van der Waals surface area contributed by atoms with E-state index in [9.17, 15) is 23.2 Å². The van der Waals surface area contributed by atoms with Gasteiger partial charge in [-0.15, -0.1) is 0 Å². The van der Waals surface area contributed by atoms with Gasteiger partial charge in [0.1, 0.15) is 18.4 Å². The second kappa shape index (κ2) is 9.00. The number of halogens is 2. The summed E-state index contributed by atoms with van der Waals surface area (Å²) in [6.07, 6.45) is 5.70. The van der Waals surface area contributed by atoms with Gasteiger partial charge < -0.3 is 14.8 Å². The van der Waals surface area contributed by atoms with Gasteiger partial charge >= 0.3 is 5.69 Å². The third-order valence-corrected chi connectivity index (χ3v) is 7.37. The number of alkyl halides is 2.